The molecule has 1 aromatic rings. The second-order valence-corrected chi connectivity index (χ2v) is 6.73. The van der Waals surface area contributed by atoms with Crippen molar-refractivity contribution in [2.24, 2.45) is 0 Å². The van der Waals surface area contributed by atoms with E-state index in [0.717, 1.165) is 3.79 Å². The molecule has 21 heavy (non-hydrogen) atoms. The van der Waals surface area contributed by atoms with E-state index >= 15 is 0 Å². The lowest BCUT2D eigenvalue weighted by Crippen LogP contribution is -2.44. The van der Waals surface area contributed by atoms with Gasteiger partial charge in [0.05, 0.1) is 15.8 Å². The average molecular weight is 377 g/mol. The third-order valence-corrected chi connectivity index (χ3v) is 4.24. The summed E-state index contributed by atoms with van der Waals surface area (Å²) >= 11 is 4.58. The molecule has 8 heteroatoms. The monoisotopic (exact) mass is 376 g/mol. The van der Waals surface area contributed by atoms with E-state index in [2.05, 4.69) is 31.3 Å². The van der Waals surface area contributed by atoms with Gasteiger partial charge in [-0.05, 0) is 41.4 Å². The number of nitrogens with one attached hydrogen (secondary N) is 2. The van der Waals surface area contributed by atoms with Gasteiger partial charge in [-0.15, -0.1) is 11.3 Å². The summed E-state index contributed by atoms with van der Waals surface area (Å²) in [5.41, 5.74) is 0. The molecular weight excluding hydrogens is 360 g/mol. The summed E-state index contributed by atoms with van der Waals surface area (Å²) in [7, 11) is 1.32. The van der Waals surface area contributed by atoms with E-state index in [-0.39, 0.29) is 24.2 Å². The third kappa shape index (κ3) is 6.26. The molecule has 0 aromatic carbocycles. The molecule has 0 aliphatic carbocycles. The first-order chi connectivity index (χ1) is 9.93. The topological polar surface area (TPSA) is 84.5 Å². The molecule has 1 heterocycles. The van der Waals surface area contributed by atoms with E-state index < -0.39 is 6.04 Å². The predicted molar refractivity (Wildman–Crippen MR) is 83.2 cm³/mol. The van der Waals surface area contributed by atoms with Crippen LogP contribution in [-0.4, -0.2) is 37.5 Å². The van der Waals surface area contributed by atoms with E-state index in [9.17, 15) is 14.4 Å². The number of rotatable bonds is 7. The van der Waals surface area contributed by atoms with E-state index in [1.54, 1.807) is 19.1 Å². The van der Waals surface area contributed by atoms with Crippen LogP contribution in [0.25, 0.3) is 0 Å². The van der Waals surface area contributed by atoms with Crippen LogP contribution in [0.3, 0.4) is 0 Å². The van der Waals surface area contributed by atoms with Crippen LogP contribution in [0.5, 0.6) is 0 Å². The predicted octanol–water partition coefficient (Wildman–Crippen LogP) is 1.70. The molecule has 0 aliphatic rings. The number of methoxy groups -OCH3 is 1. The zero-order valence-corrected chi connectivity index (χ0v) is 14.2. The summed E-state index contributed by atoms with van der Waals surface area (Å²) in [6, 6.07) is 2.82. The number of amides is 2. The van der Waals surface area contributed by atoms with Crippen molar-refractivity contribution in [2.45, 2.75) is 25.8 Å². The summed E-state index contributed by atoms with van der Waals surface area (Å²) in [5.74, 6) is -0.888. The molecular formula is C13H17BrN2O4S. The standard InChI is InChI=1S/C13H17BrN2O4S/c1-8(12(18)15-7-3-4-11(17)20-2)16-13(19)9-5-6-10(14)21-9/h5-6,8H,3-4,7H2,1-2H3,(H,15,18)(H,16,19)/t8-/m1/s1. The Balaban J connectivity index is 2.31. The molecule has 1 rings (SSSR count). The van der Waals surface area contributed by atoms with Crippen molar-refractivity contribution in [3.8, 4) is 0 Å². The van der Waals surface area contributed by atoms with Gasteiger partial charge >= 0.3 is 5.97 Å². The molecule has 0 spiro atoms. The number of carbonyl (C=O) groups is 3. The Kier molecular flexibility index (Phi) is 7.38. The highest BCUT2D eigenvalue weighted by Gasteiger charge is 2.17. The van der Waals surface area contributed by atoms with Gasteiger partial charge in [-0.2, -0.15) is 0 Å². The average Bonchev–Trinajstić information content (AvgIpc) is 2.89. The summed E-state index contributed by atoms with van der Waals surface area (Å²) in [5, 5.41) is 5.27. The number of hydrogen-bond donors (Lipinski definition) is 2. The minimum atomic E-state index is -0.642. The molecule has 116 valence electrons. The van der Waals surface area contributed by atoms with Crippen LogP contribution in [-0.2, 0) is 14.3 Å². The van der Waals surface area contributed by atoms with Gasteiger partial charge in [0.25, 0.3) is 5.91 Å². The second kappa shape index (κ2) is 8.78. The molecule has 0 saturated heterocycles. The molecule has 0 unspecified atom stereocenters. The Bertz CT molecular complexity index is 518. The molecule has 0 fully saturated rings. The molecule has 0 radical (unpaired) electrons. The Morgan fingerprint density at radius 2 is 2.10 bits per heavy atom. The quantitative estimate of drug-likeness (QED) is 0.560. The van der Waals surface area contributed by atoms with Gasteiger partial charge in [0, 0.05) is 13.0 Å². The Morgan fingerprint density at radius 3 is 2.67 bits per heavy atom. The first-order valence-corrected chi connectivity index (χ1v) is 7.95. The second-order valence-electron chi connectivity index (χ2n) is 4.27. The highest BCUT2D eigenvalue weighted by molar-refractivity contribution is 9.11. The Labute approximate surface area is 135 Å². The smallest absolute Gasteiger partial charge is 0.305 e. The fourth-order valence-electron chi connectivity index (χ4n) is 1.47. The highest BCUT2D eigenvalue weighted by Crippen LogP contribution is 2.21. The molecule has 0 saturated carbocycles. The number of hydrogen-bond acceptors (Lipinski definition) is 5. The zero-order chi connectivity index (χ0) is 15.8. The van der Waals surface area contributed by atoms with Crippen LogP contribution >= 0.6 is 27.3 Å². The highest BCUT2D eigenvalue weighted by atomic mass is 79.9. The van der Waals surface area contributed by atoms with Crippen molar-refractivity contribution in [3.63, 3.8) is 0 Å². The van der Waals surface area contributed by atoms with Crippen molar-refractivity contribution in [2.75, 3.05) is 13.7 Å². The van der Waals surface area contributed by atoms with Crippen molar-refractivity contribution in [3.05, 3.63) is 20.8 Å². The summed E-state index contributed by atoms with van der Waals surface area (Å²) in [6.07, 6.45) is 0.748. The van der Waals surface area contributed by atoms with Gasteiger partial charge in [-0.25, -0.2) is 0 Å². The van der Waals surface area contributed by atoms with Crippen LogP contribution in [0.1, 0.15) is 29.4 Å². The Hall–Kier alpha value is -1.41. The van der Waals surface area contributed by atoms with Gasteiger partial charge in [0.15, 0.2) is 0 Å². The Morgan fingerprint density at radius 1 is 1.38 bits per heavy atom. The molecule has 2 N–H and O–H groups in total. The molecule has 2 amide bonds. The zero-order valence-electron chi connectivity index (χ0n) is 11.8. The largest absolute Gasteiger partial charge is 0.469 e. The van der Waals surface area contributed by atoms with Gasteiger partial charge < -0.3 is 15.4 Å². The van der Waals surface area contributed by atoms with Crippen molar-refractivity contribution >= 4 is 45.1 Å². The lowest BCUT2D eigenvalue weighted by Gasteiger charge is -2.13. The van der Waals surface area contributed by atoms with Crippen molar-refractivity contribution < 1.29 is 19.1 Å². The molecule has 6 nitrogen and oxygen atoms in total. The van der Waals surface area contributed by atoms with Crippen LogP contribution in [0.2, 0.25) is 0 Å². The number of ether oxygens (including phenoxy) is 1. The fraction of sp³-hybridized carbons (Fsp3) is 0.462. The number of carbonyl (C=O) groups excluding carboxylic acids is 3. The molecule has 1 aromatic heterocycles. The lowest BCUT2D eigenvalue weighted by atomic mass is 10.2. The normalized spacial score (nSPS) is 11.6. The third-order valence-electron chi connectivity index (χ3n) is 2.62. The van der Waals surface area contributed by atoms with Crippen LogP contribution in [0.4, 0.5) is 0 Å². The van der Waals surface area contributed by atoms with Crippen LogP contribution in [0.15, 0.2) is 15.9 Å². The van der Waals surface area contributed by atoms with Crippen LogP contribution < -0.4 is 10.6 Å². The molecule has 0 aliphatic heterocycles. The lowest BCUT2D eigenvalue weighted by molar-refractivity contribution is -0.140. The van der Waals surface area contributed by atoms with E-state index in [1.807, 2.05) is 0 Å². The van der Waals surface area contributed by atoms with Gasteiger partial charge in [-0.1, -0.05) is 0 Å². The molecule has 0 bridgehead atoms. The first kappa shape index (κ1) is 17.6. The van der Waals surface area contributed by atoms with E-state index in [0.29, 0.717) is 17.8 Å². The minimum absolute atomic E-state index is 0.251. The van der Waals surface area contributed by atoms with Crippen LogP contribution in [0, 0.1) is 0 Å². The first-order valence-electron chi connectivity index (χ1n) is 6.34. The SMILES string of the molecule is COC(=O)CCCNC(=O)[C@@H](C)NC(=O)c1ccc(Br)s1. The van der Waals surface area contributed by atoms with E-state index in [4.69, 9.17) is 0 Å². The number of halogens is 1. The van der Waals surface area contributed by atoms with Crippen molar-refractivity contribution in [1.29, 1.82) is 0 Å². The number of thiophene rings is 1. The van der Waals surface area contributed by atoms with Gasteiger partial charge in [0.1, 0.15) is 6.04 Å². The van der Waals surface area contributed by atoms with Gasteiger partial charge in [0.2, 0.25) is 5.91 Å². The van der Waals surface area contributed by atoms with Crippen molar-refractivity contribution in [1.82, 2.24) is 10.6 Å². The number of esters is 1. The van der Waals surface area contributed by atoms with Gasteiger partial charge in [-0.3, -0.25) is 14.4 Å². The maximum Gasteiger partial charge on any atom is 0.305 e. The maximum atomic E-state index is 11.9. The summed E-state index contributed by atoms with van der Waals surface area (Å²) < 4.78 is 5.35. The van der Waals surface area contributed by atoms with E-state index in [1.165, 1.54) is 18.4 Å². The summed E-state index contributed by atoms with van der Waals surface area (Å²) in [4.78, 5) is 35.1. The molecule has 1 atom stereocenters. The fourth-order valence-corrected chi connectivity index (χ4v) is 2.76. The summed E-state index contributed by atoms with van der Waals surface area (Å²) in [6.45, 7) is 1.97. The maximum absolute atomic E-state index is 11.9. The minimum Gasteiger partial charge on any atom is -0.469 e.